The molecule has 0 N–H and O–H groups in total. The van der Waals surface area contributed by atoms with Gasteiger partial charge in [0.15, 0.2) is 0 Å². The predicted octanol–water partition coefficient (Wildman–Crippen LogP) is 1.60. The molecule has 2 aromatic rings. The first-order valence-corrected chi connectivity index (χ1v) is 7.98. The number of fused-ring (bicyclic) bond motifs is 1. The van der Waals surface area contributed by atoms with Gasteiger partial charge in [0.25, 0.3) is 0 Å². The number of hydrogen-bond acceptors (Lipinski definition) is 4. The Hall–Kier alpha value is -2.09. The molecule has 108 valence electrons. The summed E-state index contributed by atoms with van der Waals surface area (Å²) >= 11 is -0.634. The van der Waals surface area contributed by atoms with Crippen LogP contribution in [0.3, 0.4) is 0 Å². The third kappa shape index (κ3) is 3.33. The summed E-state index contributed by atoms with van der Waals surface area (Å²) in [6.07, 6.45) is 0.857. The van der Waals surface area contributed by atoms with Crippen LogP contribution in [-0.2, 0) is 4.74 Å². The van der Waals surface area contributed by atoms with Gasteiger partial charge in [-0.15, -0.1) is 0 Å². The fraction of sp³-hybridized carbons (Fsp3) is 0.267. The van der Waals surface area contributed by atoms with Gasteiger partial charge in [0.05, 0.1) is 0 Å². The molecule has 0 atom stereocenters. The van der Waals surface area contributed by atoms with Gasteiger partial charge in [0.2, 0.25) is 0 Å². The van der Waals surface area contributed by atoms with E-state index in [-0.39, 0.29) is 5.43 Å². The van der Waals surface area contributed by atoms with E-state index in [1.54, 1.807) is 45.0 Å². The number of pyridine rings is 1. The monoisotopic (exact) mass is 350 g/mol. The molecule has 1 aromatic heterocycles. The van der Waals surface area contributed by atoms with Crippen molar-refractivity contribution in [2.24, 2.45) is 0 Å². The Kier molecular flexibility index (Phi) is 4.17. The molecule has 1 aromatic carbocycles. The fourth-order valence-electron chi connectivity index (χ4n) is 1.84. The second kappa shape index (κ2) is 5.72. The Labute approximate surface area is 128 Å². The van der Waals surface area contributed by atoms with Crippen molar-refractivity contribution in [1.29, 1.82) is 5.26 Å². The van der Waals surface area contributed by atoms with Crippen molar-refractivity contribution >= 4 is 36.4 Å². The SMILES string of the molecule is CC(C)(C)OC(=O)n1cc([Se]C#N)c(=O)c2ccccc21. The Morgan fingerprint density at radius 2 is 2.00 bits per heavy atom. The normalized spacial score (nSPS) is 11.1. The van der Waals surface area contributed by atoms with Crippen LogP contribution < -0.4 is 9.89 Å². The zero-order valence-corrected chi connectivity index (χ0v) is 13.6. The van der Waals surface area contributed by atoms with Crippen LogP contribution in [-0.4, -0.2) is 31.2 Å². The second-order valence-electron chi connectivity index (χ2n) is 5.38. The molecule has 0 radical (unpaired) electrons. The molecular formula is C15H14N2O3Se. The molecule has 1 heterocycles. The molecule has 0 saturated carbocycles. The van der Waals surface area contributed by atoms with E-state index >= 15 is 0 Å². The van der Waals surface area contributed by atoms with Crippen LogP contribution in [0.5, 0.6) is 0 Å². The van der Waals surface area contributed by atoms with E-state index in [9.17, 15) is 9.59 Å². The third-order valence-corrected chi connectivity index (χ3v) is 3.89. The quantitative estimate of drug-likeness (QED) is 0.733. The van der Waals surface area contributed by atoms with Crippen LogP contribution in [0.4, 0.5) is 4.79 Å². The van der Waals surface area contributed by atoms with Crippen molar-refractivity contribution in [2.75, 3.05) is 0 Å². The molecule has 0 aliphatic carbocycles. The predicted molar refractivity (Wildman–Crippen MR) is 80.8 cm³/mol. The van der Waals surface area contributed by atoms with Gasteiger partial charge in [-0.05, 0) is 0 Å². The first-order valence-electron chi connectivity index (χ1n) is 6.27. The van der Waals surface area contributed by atoms with Crippen molar-refractivity contribution < 1.29 is 9.53 Å². The third-order valence-electron chi connectivity index (χ3n) is 2.62. The Morgan fingerprint density at radius 1 is 1.33 bits per heavy atom. The topological polar surface area (TPSA) is 72.1 Å². The summed E-state index contributed by atoms with van der Waals surface area (Å²) in [5, 5.41) is 9.26. The molecule has 0 bridgehead atoms. The molecule has 0 unspecified atom stereocenters. The van der Waals surface area contributed by atoms with Gasteiger partial charge in [-0.3, -0.25) is 0 Å². The van der Waals surface area contributed by atoms with E-state index in [1.807, 2.05) is 4.97 Å². The van der Waals surface area contributed by atoms with Crippen LogP contribution >= 0.6 is 0 Å². The average molecular weight is 349 g/mol. The molecule has 5 nitrogen and oxygen atoms in total. The number of aromatic nitrogens is 1. The maximum absolute atomic E-state index is 12.3. The van der Waals surface area contributed by atoms with Crippen LogP contribution in [0.2, 0.25) is 0 Å². The van der Waals surface area contributed by atoms with Crippen molar-refractivity contribution in [3.63, 3.8) is 0 Å². The molecule has 0 spiro atoms. The first-order chi connectivity index (χ1) is 9.83. The summed E-state index contributed by atoms with van der Waals surface area (Å²) in [6, 6.07) is 6.81. The number of nitriles is 1. The molecule has 0 fully saturated rings. The first kappa shape index (κ1) is 15.3. The summed E-state index contributed by atoms with van der Waals surface area (Å²) in [5.41, 5.74) is -0.358. The van der Waals surface area contributed by atoms with Crippen LogP contribution in [0.15, 0.2) is 35.3 Å². The number of ether oxygens (including phenoxy) is 1. The molecule has 0 amide bonds. The Balaban J connectivity index is 2.68. The second-order valence-corrected chi connectivity index (χ2v) is 7.12. The Morgan fingerprint density at radius 3 is 2.62 bits per heavy atom. The van der Waals surface area contributed by atoms with Crippen molar-refractivity contribution in [2.45, 2.75) is 26.4 Å². The van der Waals surface area contributed by atoms with Gasteiger partial charge in [0, 0.05) is 0 Å². The molecule has 0 saturated heterocycles. The fourth-order valence-corrected chi connectivity index (χ4v) is 2.80. The molecule has 0 aliphatic rings. The van der Waals surface area contributed by atoms with E-state index in [4.69, 9.17) is 10.00 Å². The molecule has 6 heteroatoms. The van der Waals surface area contributed by atoms with Crippen LogP contribution in [0.1, 0.15) is 20.8 Å². The summed E-state index contributed by atoms with van der Waals surface area (Å²) in [7, 11) is 0. The standard InChI is InChI=1S/C15H14N2O3Se/c1-15(2,3)20-14(19)17-8-12(21-9-16)13(18)10-6-4-5-7-11(10)17/h4-8H,1-3H3. The minimum absolute atomic E-state index is 0.202. The van der Waals surface area contributed by atoms with Gasteiger partial charge in [-0.25, -0.2) is 0 Å². The van der Waals surface area contributed by atoms with E-state index in [0.29, 0.717) is 15.4 Å². The number of carbonyl (C=O) groups is 1. The summed E-state index contributed by atoms with van der Waals surface area (Å²) in [5.74, 6) is 0. The molecule has 21 heavy (non-hydrogen) atoms. The number of nitrogens with zero attached hydrogens (tertiary/aromatic N) is 2. The van der Waals surface area contributed by atoms with E-state index < -0.39 is 26.7 Å². The molecule has 2 rings (SSSR count). The van der Waals surface area contributed by atoms with E-state index in [1.165, 1.54) is 10.8 Å². The van der Waals surface area contributed by atoms with Gasteiger partial charge >= 0.3 is 128 Å². The van der Waals surface area contributed by atoms with E-state index in [0.717, 1.165) is 0 Å². The van der Waals surface area contributed by atoms with Crippen LogP contribution in [0, 0.1) is 10.2 Å². The summed E-state index contributed by atoms with van der Waals surface area (Å²) < 4.78 is 7.00. The number of para-hydroxylation sites is 1. The van der Waals surface area contributed by atoms with E-state index in [2.05, 4.69) is 0 Å². The number of carbonyl (C=O) groups excluding carboxylic acids is 1. The number of benzene rings is 1. The minimum atomic E-state index is -0.637. The van der Waals surface area contributed by atoms with Gasteiger partial charge in [-0.2, -0.15) is 0 Å². The maximum atomic E-state index is 12.3. The van der Waals surface area contributed by atoms with Gasteiger partial charge in [-0.1, -0.05) is 0 Å². The number of rotatable bonds is 1. The summed E-state index contributed by atoms with van der Waals surface area (Å²) in [6.45, 7) is 5.32. The number of hydrogen-bond donors (Lipinski definition) is 0. The van der Waals surface area contributed by atoms with Gasteiger partial charge in [0.1, 0.15) is 0 Å². The van der Waals surface area contributed by atoms with Crippen LogP contribution in [0.25, 0.3) is 10.9 Å². The zero-order valence-electron chi connectivity index (χ0n) is 11.9. The zero-order chi connectivity index (χ0) is 15.6. The van der Waals surface area contributed by atoms with Crippen molar-refractivity contribution in [3.8, 4) is 4.97 Å². The summed E-state index contributed by atoms with van der Waals surface area (Å²) in [4.78, 5) is 26.6. The Bertz CT molecular complexity index is 797. The molecule has 0 aliphatic heterocycles. The molecular weight excluding hydrogens is 335 g/mol. The average Bonchev–Trinajstić information content (AvgIpc) is 2.40. The van der Waals surface area contributed by atoms with Crippen molar-refractivity contribution in [1.82, 2.24) is 4.57 Å². The van der Waals surface area contributed by atoms with Crippen molar-refractivity contribution in [3.05, 3.63) is 40.7 Å². The van der Waals surface area contributed by atoms with Gasteiger partial charge < -0.3 is 0 Å².